The maximum Gasteiger partial charge on any atom is 0.214 e. The summed E-state index contributed by atoms with van der Waals surface area (Å²) in [5, 5.41) is 3.86. The first kappa shape index (κ1) is 23.3. The van der Waals surface area contributed by atoms with Crippen LogP contribution in [0.2, 0.25) is 5.02 Å². The summed E-state index contributed by atoms with van der Waals surface area (Å²) in [6.45, 7) is 2.72. The summed E-state index contributed by atoms with van der Waals surface area (Å²) >= 11 is 5.84. The molecule has 1 saturated heterocycles. The SMILES string of the molecule is CN=C(NCCN1CCCS1(=O)=O)N(C)CCOc1ccc(Cl)cc1.I. The number of benzene rings is 1. The maximum absolute atomic E-state index is 11.8. The molecule has 2 rings (SSSR count). The fraction of sp³-hybridized carbons (Fsp3) is 0.562. The van der Waals surface area contributed by atoms with Gasteiger partial charge in [-0.2, -0.15) is 0 Å². The second-order valence-electron chi connectivity index (χ2n) is 5.77. The second kappa shape index (κ2) is 11.2. The van der Waals surface area contributed by atoms with Gasteiger partial charge in [0.1, 0.15) is 12.4 Å². The molecule has 0 bridgehead atoms. The van der Waals surface area contributed by atoms with Crippen molar-refractivity contribution >= 4 is 51.6 Å². The molecule has 0 spiro atoms. The Labute approximate surface area is 177 Å². The molecule has 1 heterocycles. The number of hydrogen-bond donors (Lipinski definition) is 1. The highest BCUT2D eigenvalue weighted by atomic mass is 127. The Kier molecular flexibility index (Phi) is 9.98. The lowest BCUT2D eigenvalue weighted by Crippen LogP contribution is -2.44. The van der Waals surface area contributed by atoms with E-state index in [0.29, 0.717) is 50.2 Å². The van der Waals surface area contributed by atoms with Crippen LogP contribution >= 0.6 is 35.6 Å². The van der Waals surface area contributed by atoms with Crippen molar-refractivity contribution in [3.8, 4) is 5.75 Å². The molecule has 0 saturated carbocycles. The van der Waals surface area contributed by atoms with E-state index in [9.17, 15) is 8.42 Å². The second-order valence-corrected chi connectivity index (χ2v) is 8.29. The van der Waals surface area contributed by atoms with E-state index in [0.717, 1.165) is 5.75 Å². The Morgan fingerprint density at radius 1 is 1.38 bits per heavy atom. The fourth-order valence-corrected chi connectivity index (χ4v) is 4.21. The minimum Gasteiger partial charge on any atom is -0.492 e. The van der Waals surface area contributed by atoms with Crippen LogP contribution < -0.4 is 10.1 Å². The smallest absolute Gasteiger partial charge is 0.214 e. The van der Waals surface area contributed by atoms with Crippen molar-refractivity contribution in [3.05, 3.63) is 29.3 Å². The Morgan fingerprint density at radius 2 is 2.08 bits per heavy atom. The normalized spacial score (nSPS) is 16.8. The molecular formula is C16H26ClIN4O3S. The van der Waals surface area contributed by atoms with Crippen LogP contribution in [0.4, 0.5) is 0 Å². The number of halogens is 2. The predicted octanol–water partition coefficient (Wildman–Crippen LogP) is 1.88. The van der Waals surface area contributed by atoms with Gasteiger partial charge in [-0.05, 0) is 30.7 Å². The van der Waals surface area contributed by atoms with Gasteiger partial charge in [0, 0.05) is 38.8 Å². The molecule has 7 nitrogen and oxygen atoms in total. The third-order valence-electron chi connectivity index (χ3n) is 3.93. The number of rotatable bonds is 7. The van der Waals surface area contributed by atoms with Gasteiger partial charge in [-0.3, -0.25) is 4.99 Å². The van der Waals surface area contributed by atoms with Crippen LogP contribution in [0.25, 0.3) is 0 Å². The van der Waals surface area contributed by atoms with Gasteiger partial charge >= 0.3 is 0 Å². The third-order valence-corrected chi connectivity index (χ3v) is 6.14. The number of likely N-dealkylation sites (N-methyl/N-ethyl adjacent to an activating group) is 1. The molecule has 0 radical (unpaired) electrons. The Morgan fingerprint density at radius 3 is 2.65 bits per heavy atom. The molecule has 26 heavy (non-hydrogen) atoms. The van der Waals surface area contributed by atoms with Crippen molar-refractivity contribution in [1.29, 1.82) is 0 Å². The summed E-state index contributed by atoms with van der Waals surface area (Å²) < 4.78 is 30.7. The molecular weight excluding hydrogens is 491 g/mol. The largest absolute Gasteiger partial charge is 0.492 e. The van der Waals surface area contributed by atoms with Crippen LogP contribution in [0.5, 0.6) is 5.75 Å². The number of ether oxygens (including phenoxy) is 1. The monoisotopic (exact) mass is 516 g/mol. The van der Waals surface area contributed by atoms with Crippen LogP contribution in [0.15, 0.2) is 29.3 Å². The Bertz CT molecular complexity index is 685. The lowest BCUT2D eigenvalue weighted by Gasteiger charge is -2.23. The first-order valence-corrected chi connectivity index (χ1v) is 10.2. The van der Waals surface area contributed by atoms with E-state index in [1.165, 1.54) is 4.31 Å². The third kappa shape index (κ3) is 7.09. The van der Waals surface area contributed by atoms with E-state index in [-0.39, 0.29) is 29.7 Å². The van der Waals surface area contributed by atoms with Gasteiger partial charge in [0.2, 0.25) is 10.0 Å². The lowest BCUT2D eigenvalue weighted by molar-refractivity contribution is 0.281. The number of aliphatic imine (C=N–C) groups is 1. The molecule has 1 fully saturated rings. The number of sulfonamides is 1. The van der Waals surface area contributed by atoms with Crippen LogP contribution in [0.1, 0.15) is 6.42 Å². The molecule has 1 aliphatic heterocycles. The summed E-state index contributed by atoms with van der Waals surface area (Å²) in [4.78, 5) is 6.16. The average molecular weight is 517 g/mol. The van der Waals surface area contributed by atoms with Crippen molar-refractivity contribution in [2.75, 3.05) is 52.6 Å². The summed E-state index contributed by atoms with van der Waals surface area (Å²) in [5.41, 5.74) is 0. The zero-order valence-electron chi connectivity index (χ0n) is 15.0. The highest BCUT2D eigenvalue weighted by Gasteiger charge is 2.27. The van der Waals surface area contributed by atoms with E-state index in [4.69, 9.17) is 16.3 Å². The average Bonchev–Trinajstić information content (AvgIpc) is 2.92. The molecule has 1 aromatic rings. The van der Waals surface area contributed by atoms with Gasteiger partial charge in [-0.25, -0.2) is 12.7 Å². The van der Waals surface area contributed by atoms with Gasteiger partial charge in [0.25, 0.3) is 0 Å². The molecule has 1 N–H and O–H groups in total. The van der Waals surface area contributed by atoms with Gasteiger partial charge in [0.05, 0.1) is 12.3 Å². The highest BCUT2D eigenvalue weighted by molar-refractivity contribution is 14.0. The molecule has 0 aliphatic carbocycles. The molecule has 148 valence electrons. The van der Waals surface area contributed by atoms with Crippen LogP contribution in [-0.2, 0) is 10.0 Å². The number of guanidine groups is 1. The lowest BCUT2D eigenvalue weighted by atomic mass is 10.3. The molecule has 0 unspecified atom stereocenters. The first-order valence-electron chi connectivity index (χ1n) is 8.20. The first-order chi connectivity index (χ1) is 11.9. The zero-order chi connectivity index (χ0) is 18.3. The van der Waals surface area contributed by atoms with E-state index >= 15 is 0 Å². The quantitative estimate of drug-likeness (QED) is 0.340. The van der Waals surface area contributed by atoms with Crippen molar-refractivity contribution in [2.45, 2.75) is 6.42 Å². The van der Waals surface area contributed by atoms with Gasteiger partial charge < -0.3 is 15.0 Å². The van der Waals surface area contributed by atoms with E-state index in [2.05, 4.69) is 10.3 Å². The van der Waals surface area contributed by atoms with Crippen molar-refractivity contribution in [1.82, 2.24) is 14.5 Å². The van der Waals surface area contributed by atoms with Crippen LogP contribution in [0, 0.1) is 0 Å². The van der Waals surface area contributed by atoms with Gasteiger partial charge in [-0.1, -0.05) is 11.6 Å². The standard InChI is InChI=1S/C16H25ClN4O3S.HI/c1-18-16(19-8-10-21-9-3-13-25(21,22)23)20(2)11-12-24-15-6-4-14(17)5-7-15;/h4-7H,3,8-13H2,1-2H3,(H,18,19);1H. The molecule has 10 heteroatoms. The maximum atomic E-state index is 11.8. The summed E-state index contributed by atoms with van der Waals surface area (Å²) in [5.74, 6) is 1.72. The summed E-state index contributed by atoms with van der Waals surface area (Å²) in [6, 6.07) is 7.22. The van der Waals surface area contributed by atoms with E-state index in [1.54, 1.807) is 19.2 Å². The summed E-state index contributed by atoms with van der Waals surface area (Å²) in [7, 11) is 0.560. The molecule has 1 aromatic carbocycles. The van der Waals surface area contributed by atoms with Crippen LogP contribution in [0.3, 0.4) is 0 Å². The molecule has 0 amide bonds. The minimum absolute atomic E-state index is 0. The zero-order valence-corrected chi connectivity index (χ0v) is 18.9. The molecule has 0 aromatic heterocycles. The minimum atomic E-state index is -3.05. The van der Waals surface area contributed by atoms with Crippen molar-refractivity contribution in [3.63, 3.8) is 0 Å². The summed E-state index contributed by atoms with van der Waals surface area (Å²) in [6.07, 6.45) is 0.707. The van der Waals surface area contributed by atoms with Crippen LogP contribution in [-0.4, -0.2) is 76.2 Å². The highest BCUT2D eigenvalue weighted by Crippen LogP contribution is 2.15. The van der Waals surface area contributed by atoms with Crippen molar-refractivity contribution in [2.24, 2.45) is 4.99 Å². The predicted molar refractivity (Wildman–Crippen MR) is 116 cm³/mol. The van der Waals surface area contributed by atoms with Gasteiger partial charge in [0.15, 0.2) is 5.96 Å². The number of nitrogens with one attached hydrogen (secondary N) is 1. The van der Waals surface area contributed by atoms with Gasteiger partial charge in [-0.15, -0.1) is 24.0 Å². The van der Waals surface area contributed by atoms with E-state index in [1.807, 2.05) is 24.1 Å². The van der Waals surface area contributed by atoms with Crippen molar-refractivity contribution < 1.29 is 13.2 Å². The number of hydrogen-bond acceptors (Lipinski definition) is 4. The molecule has 0 atom stereocenters. The topological polar surface area (TPSA) is 74.2 Å². The Hall–Kier alpha value is -0.780. The Balaban J connectivity index is 0.00000338. The number of nitrogens with zero attached hydrogens (tertiary/aromatic N) is 3. The fourth-order valence-electron chi connectivity index (χ4n) is 2.56. The molecule has 1 aliphatic rings. The van der Waals surface area contributed by atoms with E-state index < -0.39 is 10.0 Å².